The summed E-state index contributed by atoms with van der Waals surface area (Å²) in [6.07, 6.45) is 1.20. The second-order valence-electron chi connectivity index (χ2n) is 6.68. The summed E-state index contributed by atoms with van der Waals surface area (Å²) in [5.41, 5.74) is 1.05. The van der Waals surface area contributed by atoms with Crippen molar-refractivity contribution in [2.24, 2.45) is 0 Å². The molecule has 28 heavy (non-hydrogen) atoms. The number of nitrogens with one attached hydrogen (secondary N) is 1. The zero-order valence-electron chi connectivity index (χ0n) is 15.2. The summed E-state index contributed by atoms with van der Waals surface area (Å²) in [5, 5.41) is 11.7. The highest BCUT2D eigenvalue weighted by Gasteiger charge is 2.24. The molecule has 7 heteroatoms. The van der Waals surface area contributed by atoms with Crippen LogP contribution in [0.1, 0.15) is 47.6 Å². The van der Waals surface area contributed by atoms with Gasteiger partial charge in [0.25, 0.3) is 5.91 Å². The van der Waals surface area contributed by atoms with Gasteiger partial charge in [-0.15, -0.1) is 0 Å². The van der Waals surface area contributed by atoms with Crippen molar-refractivity contribution in [1.82, 2.24) is 5.32 Å². The maximum absolute atomic E-state index is 14.3. The van der Waals surface area contributed by atoms with Crippen molar-refractivity contribution in [3.8, 4) is 0 Å². The molecule has 1 fully saturated rings. The largest absolute Gasteiger partial charge is 0.481 e. The fourth-order valence-corrected chi connectivity index (χ4v) is 3.29. The Hall–Kier alpha value is -3.22. The number of anilines is 1. The highest BCUT2D eigenvalue weighted by molar-refractivity contribution is 5.99. The van der Waals surface area contributed by atoms with Gasteiger partial charge in [-0.1, -0.05) is 30.3 Å². The number of hydrogen-bond acceptors (Lipinski definition) is 3. The van der Waals surface area contributed by atoms with Gasteiger partial charge in [-0.2, -0.15) is 0 Å². The van der Waals surface area contributed by atoms with Crippen LogP contribution in [0.2, 0.25) is 0 Å². The van der Waals surface area contributed by atoms with Gasteiger partial charge in [0.1, 0.15) is 5.82 Å². The Bertz CT molecular complexity index is 885. The first kappa shape index (κ1) is 19.5. The quantitative estimate of drug-likeness (QED) is 0.767. The molecule has 1 unspecified atom stereocenters. The number of halogens is 1. The summed E-state index contributed by atoms with van der Waals surface area (Å²) in [7, 11) is 0. The zero-order chi connectivity index (χ0) is 20.1. The minimum absolute atomic E-state index is 0.0541. The van der Waals surface area contributed by atoms with E-state index in [-0.39, 0.29) is 24.3 Å². The van der Waals surface area contributed by atoms with E-state index in [2.05, 4.69) is 5.32 Å². The number of hydrogen-bond donors (Lipinski definition) is 2. The van der Waals surface area contributed by atoms with E-state index in [0.717, 1.165) is 12.0 Å². The smallest absolute Gasteiger partial charge is 0.303 e. The Morgan fingerprint density at radius 2 is 1.93 bits per heavy atom. The van der Waals surface area contributed by atoms with Crippen molar-refractivity contribution < 1.29 is 23.9 Å². The molecule has 0 aliphatic carbocycles. The molecule has 0 saturated carbocycles. The van der Waals surface area contributed by atoms with Gasteiger partial charge in [0.05, 0.1) is 11.6 Å². The number of carboxylic acid groups (broad SMARTS) is 1. The monoisotopic (exact) mass is 384 g/mol. The molecule has 1 atom stereocenters. The highest BCUT2D eigenvalue weighted by atomic mass is 19.1. The first-order chi connectivity index (χ1) is 13.5. The SMILES string of the molecule is O=C(O)CCC(NC(=O)c1cc(N2CCCC2=O)ccc1F)c1ccccc1. The van der Waals surface area contributed by atoms with Crippen LogP contribution in [-0.2, 0) is 9.59 Å². The average molecular weight is 384 g/mol. The molecule has 3 rings (SSSR count). The van der Waals surface area contributed by atoms with Gasteiger partial charge < -0.3 is 15.3 Å². The van der Waals surface area contributed by atoms with Gasteiger partial charge in [0.15, 0.2) is 0 Å². The van der Waals surface area contributed by atoms with Crippen LogP contribution in [0.15, 0.2) is 48.5 Å². The molecule has 2 aromatic carbocycles. The van der Waals surface area contributed by atoms with Crippen molar-refractivity contribution in [2.75, 3.05) is 11.4 Å². The van der Waals surface area contributed by atoms with Gasteiger partial charge in [-0.05, 0) is 36.6 Å². The number of carbonyl (C=O) groups is 3. The molecule has 2 N–H and O–H groups in total. The van der Waals surface area contributed by atoms with Crippen LogP contribution in [0.4, 0.5) is 10.1 Å². The molecule has 0 radical (unpaired) electrons. The standard InChI is InChI=1S/C21H21FN2O4/c22-17-9-8-15(24-12-4-7-19(24)25)13-16(17)21(28)23-18(10-11-20(26)27)14-5-2-1-3-6-14/h1-3,5-6,8-9,13,18H,4,7,10-12H2,(H,23,28)(H,26,27). The molecule has 2 amide bonds. The lowest BCUT2D eigenvalue weighted by atomic mass is 10.0. The summed E-state index contributed by atoms with van der Waals surface area (Å²) in [6, 6.07) is 12.4. The summed E-state index contributed by atoms with van der Waals surface area (Å²) in [4.78, 5) is 37.2. The van der Waals surface area contributed by atoms with Crippen LogP contribution in [0.25, 0.3) is 0 Å². The minimum Gasteiger partial charge on any atom is -0.481 e. The van der Waals surface area contributed by atoms with Crippen molar-refractivity contribution in [3.63, 3.8) is 0 Å². The molecule has 6 nitrogen and oxygen atoms in total. The molecule has 1 saturated heterocycles. The number of nitrogens with zero attached hydrogens (tertiary/aromatic N) is 1. The summed E-state index contributed by atoms with van der Waals surface area (Å²) in [5.74, 6) is -2.37. The van der Waals surface area contributed by atoms with Crippen LogP contribution in [0, 0.1) is 5.82 Å². The highest BCUT2D eigenvalue weighted by Crippen LogP contribution is 2.25. The third-order valence-corrected chi connectivity index (χ3v) is 4.73. The predicted molar refractivity (Wildman–Crippen MR) is 102 cm³/mol. The molecule has 0 aromatic heterocycles. The van der Waals surface area contributed by atoms with Crippen molar-refractivity contribution in [3.05, 3.63) is 65.5 Å². The van der Waals surface area contributed by atoms with E-state index in [1.165, 1.54) is 23.1 Å². The van der Waals surface area contributed by atoms with Gasteiger partial charge in [0.2, 0.25) is 5.91 Å². The van der Waals surface area contributed by atoms with Gasteiger partial charge >= 0.3 is 5.97 Å². The molecular formula is C21H21FN2O4. The maximum Gasteiger partial charge on any atom is 0.303 e. The third kappa shape index (κ3) is 4.54. The Balaban J connectivity index is 1.83. The Morgan fingerprint density at radius 1 is 1.18 bits per heavy atom. The van der Waals surface area contributed by atoms with E-state index in [9.17, 15) is 18.8 Å². The average Bonchev–Trinajstić information content (AvgIpc) is 3.12. The van der Waals surface area contributed by atoms with E-state index in [1.807, 2.05) is 6.07 Å². The number of carboxylic acids is 1. The number of carbonyl (C=O) groups excluding carboxylic acids is 2. The minimum atomic E-state index is -0.976. The van der Waals surface area contributed by atoms with Crippen LogP contribution >= 0.6 is 0 Å². The first-order valence-corrected chi connectivity index (χ1v) is 9.13. The molecule has 1 heterocycles. The van der Waals surface area contributed by atoms with E-state index in [4.69, 9.17) is 5.11 Å². The maximum atomic E-state index is 14.3. The molecular weight excluding hydrogens is 363 g/mol. The topological polar surface area (TPSA) is 86.7 Å². The van der Waals surface area contributed by atoms with Crippen molar-refractivity contribution >= 4 is 23.5 Å². The van der Waals surface area contributed by atoms with Crippen LogP contribution in [0.3, 0.4) is 0 Å². The van der Waals surface area contributed by atoms with Gasteiger partial charge in [-0.25, -0.2) is 4.39 Å². The van der Waals surface area contributed by atoms with Crippen LogP contribution in [-0.4, -0.2) is 29.4 Å². The van der Waals surface area contributed by atoms with E-state index < -0.39 is 23.7 Å². The number of benzene rings is 2. The molecule has 1 aliphatic heterocycles. The molecule has 146 valence electrons. The lowest BCUT2D eigenvalue weighted by molar-refractivity contribution is -0.137. The molecule has 2 aromatic rings. The van der Waals surface area contributed by atoms with E-state index in [1.54, 1.807) is 24.3 Å². The number of rotatable bonds is 7. The number of amides is 2. The predicted octanol–water partition coefficient (Wildman–Crippen LogP) is 3.29. The fraction of sp³-hybridized carbons (Fsp3) is 0.286. The first-order valence-electron chi connectivity index (χ1n) is 9.13. The summed E-state index contributed by atoms with van der Waals surface area (Å²) in [6.45, 7) is 0.538. The van der Waals surface area contributed by atoms with E-state index >= 15 is 0 Å². The summed E-state index contributed by atoms with van der Waals surface area (Å²) < 4.78 is 14.3. The second kappa shape index (κ2) is 8.65. The number of aliphatic carboxylic acids is 1. The molecule has 1 aliphatic rings. The van der Waals surface area contributed by atoms with Crippen molar-refractivity contribution in [2.45, 2.75) is 31.7 Å². The Labute approximate surface area is 162 Å². The molecule has 0 spiro atoms. The zero-order valence-corrected chi connectivity index (χ0v) is 15.2. The lowest BCUT2D eigenvalue weighted by Crippen LogP contribution is -2.30. The lowest BCUT2D eigenvalue weighted by Gasteiger charge is -2.20. The van der Waals surface area contributed by atoms with Gasteiger partial charge in [0, 0.05) is 25.1 Å². The van der Waals surface area contributed by atoms with Gasteiger partial charge in [-0.3, -0.25) is 14.4 Å². The van der Waals surface area contributed by atoms with Crippen molar-refractivity contribution in [1.29, 1.82) is 0 Å². The Kier molecular flexibility index (Phi) is 6.03. The normalized spacial score (nSPS) is 14.8. The fourth-order valence-electron chi connectivity index (χ4n) is 3.29. The summed E-state index contributed by atoms with van der Waals surface area (Å²) >= 11 is 0. The van der Waals surface area contributed by atoms with E-state index in [0.29, 0.717) is 18.7 Å². The third-order valence-electron chi connectivity index (χ3n) is 4.73. The van der Waals surface area contributed by atoms with Crippen LogP contribution < -0.4 is 10.2 Å². The van der Waals surface area contributed by atoms with Crippen LogP contribution in [0.5, 0.6) is 0 Å². The Morgan fingerprint density at radius 3 is 2.57 bits per heavy atom. The second-order valence-corrected chi connectivity index (χ2v) is 6.68. The molecule has 0 bridgehead atoms.